The van der Waals surface area contributed by atoms with E-state index in [1.807, 2.05) is 6.20 Å². The van der Waals surface area contributed by atoms with Crippen molar-refractivity contribution in [1.29, 1.82) is 0 Å². The van der Waals surface area contributed by atoms with Crippen LogP contribution in [0.2, 0.25) is 0 Å². The van der Waals surface area contributed by atoms with E-state index in [2.05, 4.69) is 265 Å². The molecule has 0 amide bonds. The SMILES string of the molecule is CC(C)(C)c1ccnc(-n2c3[c-]c(C(C)(C)c4[c-]c(N5[CH-]N(c6cc(C(C)(C)c7ccccc7)cc(C(C)(C)c7ccccc7)c6)c6ccccc65)ccc4)ccc3c3ccccc32)c1.[Pt]. The molecule has 0 bridgehead atoms. The normalized spacial score (nSPS) is 13.3. The summed E-state index contributed by atoms with van der Waals surface area (Å²) in [6.07, 6.45) is 1.94. The number of hydrogen-bond acceptors (Lipinski definition) is 3. The standard InChI is InChI=1S/C61H57N4.Pt/c1-58(2,3)44-33-34-62-57(40-44)65-53-28-17-16-27-51(53)52-32-31-46(39-56(52)65)61(8,9)45-25-20-26-49(36-45)63-41-64(55-30-19-18-29-54(55)63)50-37-47(59(4,5)42-21-12-10-13-22-42)35-48(38-50)60(6,7)43-23-14-11-15-24-43;/h10-35,37-38,40-41H,1-9H3;/q-3;. The summed E-state index contributed by atoms with van der Waals surface area (Å²) in [7, 11) is 0. The summed E-state index contributed by atoms with van der Waals surface area (Å²) < 4.78 is 2.28. The van der Waals surface area contributed by atoms with Crippen molar-refractivity contribution in [3.63, 3.8) is 0 Å². The summed E-state index contributed by atoms with van der Waals surface area (Å²) in [4.78, 5) is 9.59. The van der Waals surface area contributed by atoms with Gasteiger partial charge in [-0.05, 0) is 86.5 Å². The minimum atomic E-state index is -0.430. The van der Waals surface area contributed by atoms with Crippen molar-refractivity contribution in [2.75, 3.05) is 9.80 Å². The Hall–Kier alpha value is -6.22. The van der Waals surface area contributed by atoms with Gasteiger partial charge in [-0.3, -0.25) is 0 Å². The number of hydrogen-bond donors (Lipinski definition) is 0. The molecule has 4 nitrogen and oxygen atoms in total. The number of anilines is 4. The molecule has 1 aliphatic rings. The Labute approximate surface area is 406 Å². The molecule has 66 heavy (non-hydrogen) atoms. The van der Waals surface area contributed by atoms with E-state index in [0.29, 0.717) is 0 Å². The summed E-state index contributed by atoms with van der Waals surface area (Å²) in [5, 5.41) is 2.35. The Kier molecular flexibility index (Phi) is 11.5. The van der Waals surface area contributed by atoms with Gasteiger partial charge in [-0.1, -0.05) is 165 Å². The van der Waals surface area contributed by atoms with Gasteiger partial charge in [0.2, 0.25) is 0 Å². The van der Waals surface area contributed by atoms with Crippen LogP contribution in [-0.4, -0.2) is 9.55 Å². The van der Waals surface area contributed by atoms with Crippen molar-refractivity contribution >= 4 is 44.6 Å². The van der Waals surface area contributed by atoms with E-state index in [-0.39, 0.29) is 37.3 Å². The third-order valence-corrected chi connectivity index (χ3v) is 14.1. The fourth-order valence-corrected chi connectivity index (χ4v) is 9.63. The molecule has 0 atom stereocenters. The van der Waals surface area contributed by atoms with Crippen LogP contribution >= 0.6 is 0 Å². The fraction of sp³-hybridized carbons (Fsp3) is 0.213. The topological polar surface area (TPSA) is 24.3 Å². The Balaban J connectivity index is 0.00000548. The van der Waals surface area contributed by atoms with Crippen LogP contribution in [0.15, 0.2) is 176 Å². The maximum absolute atomic E-state index is 4.93. The first-order valence-electron chi connectivity index (χ1n) is 22.9. The molecule has 1 aliphatic heterocycles. The van der Waals surface area contributed by atoms with Crippen LogP contribution < -0.4 is 9.80 Å². The molecule has 0 fully saturated rings. The van der Waals surface area contributed by atoms with Gasteiger partial charge in [-0.15, -0.1) is 17.7 Å². The number of aromatic nitrogens is 2. The molecule has 2 aromatic heterocycles. The molecule has 0 unspecified atom stereocenters. The van der Waals surface area contributed by atoms with Crippen LogP contribution in [0.25, 0.3) is 27.6 Å². The van der Waals surface area contributed by atoms with Crippen molar-refractivity contribution in [2.45, 2.75) is 84.0 Å². The maximum Gasteiger partial charge on any atom is 0.135 e. The summed E-state index contributed by atoms with van der Waals surface area (Å²) >= 11 is 0. The summed E-state index contributed by atoms with van der Waals surface area (Å²) in [6, 6.07) is 69.6. The van der Waals surface area contributed by atoms with Gasteiger partial charge in [-0.25, -0.2) is 4.98 Å². The third-order valence-electron chi connectivity index (χ3n) is 14.1. The van der Waals surface area contributed by atoms with Crippen LogP contribution in [0, 0.1) is 18.8 Å². The van der Waals surface area contributed by atoms with Crippen molar-refractivity contribution in [2.24, 2.45) is 0 Å². The van der Waals surface area contributed by atoms with Gasteiger partial charge in [0.05, 0.1) is 0 Å². The average Bonchev–Trinajstić information content (AvgIpc) is 3.88. The molecule has 0 radical (unpaired) electrons. The maximum atomic E-state index is 4.93. The number of rotatable bonds is 9. The fourth-order valence-electron chi connectivity index (χ4n) is 9.63. The Bertz CT molecular complexity index is 3140. The molecule has 3 heterocycles. The van der Waals surface area contributed by atoms with Crippen LogP contribution in [0.1, 0.15) is 101 Å². The first-order chi connectivity index (χ1) is 31.1. The molecule has 0 spiro atoms. The van der Waals surface area contributed by atoms with Gasteiger partial charge in [-0.2, -0.15) is 53.6 Å². The molecular formula is C61H57N4Pt-3. The molecule has 9 aromatic rings. The summed E-state index contributed by atoms with van der Waals surface area (Å²) in [5.41, 5.74) is 14.1. The van der Waals surface area contributed by atoms with E-state index in [4.69, 9.17) is 4.98 Å². The van der Waals surface area contributed by atoms with Crippen molar-refractivity contribution in [1.82, 2.24) is 9.55 Å². The number of fused-ring (bicyclic) bond motifs is 4. The number of pyridine rings is 1. The Morgan fingerprint density at radius 2 is 1.03 bits per heavy atom. The molecular weight excluding hydrogens is 984 g/mol. The number of nitrogens with zero attached hydrogens (tertiary/aromatic N) is 4. The predicted molar refractivity (Wildman–Crippen MR) is 272 cm³/mol. The number of para-hydroxylation sites is 3. The van der Waals surface area contributed by atoms with Crippen molar-refractivity contribution < 1.29 is 21.1 Å². The zero-order valence-corrected chi connectivity index (χ0v) is 41.7. The largest absolute Gasteiger partial charge is 0.493 e. The Morgan fingerprint density at radius 3 is 1.67 bits per heavy atom. The molecule has 10 rings (SSSR count). The quantitative estimate of drug-likeness (QED) is 0.135. The van der Waals surface area contributed by atoms with Crippen LogP contribution in [-0.2, 0) is 42.7 Å². The van der Waals surface area contributed by atoms with E-state index >= 15 is 0 Å². The van der Waals surface area contributed by atoms with Crippen molar-refractivity contribution in [3.8, 4) is 5.82 Å². The van der Waals surface area contributed by atoms with Crippen LogP contribution in [0.4, 0.5) is 22.7 Å². The van der Waals surface area contributed by atoms with E-state index in [1.54, 1.807) is 0 Å². The van der Waals surface area contributed by atoms with Crippen LogP contribution in [0.5, 0.6) is 0 Å². The predicted octanol–water partition coefficient (Wildman–Crippen LogP) is 15.5. The first-order valence-corrected chi connectivity index (χ1v) is 22.9. The van der Waals surface area contributed by atoms with E-state index in [9.17, 15) is 0 Å². The van der Waals surface area contributed by atoms with Crippen LogP contribution in [0.3, 0.4) is 0 Å². The minimum Gasteiger partial charge on any atom is -0.493 e. The van der Waals surface area contributed by atoms with E-state index in [0.717, 1.165) is 56.1 Å². The second-order valence-corrected chi connectivity index (χ2v) is 20.3. The second kappa shape index (κ2) is 16.9. The average molecular weight is 1040 g/mol. The second-order valence-electron chi connectivity index (χ2n) is 20.3. The molecule has 0 saturated heterocycles. The molecule has 0 aliphatic carbocycles. The van der Waals surface area contributed by atoms with E-state index < -0.39 is 5.41 Å². The molecule has 7 aromatic carbocycles. The molecule has 0 N–H and O–H groups in total. The van der Waals surface area contributed by atoms with Gasteiger partial charge in [0.25, 0.3) is 0 Å². The zero-order chi connectivity index (χ0) is 45.3. The Morgan fingerprint density at radius 1 is 0.455 bits per heavy atom. The minimum absolute atomic E-state index is 0. The molecule has 5 heteroatoms. The van der Waals surface area contributed by atoms with Gasteiger partial charge < -0.3 is 14.4 Å². The van der Waals surface area contributed by atoms with Crippen molar-refractivity contribution in [3.05, 3.63) is 234 Å². The first kappa shape index (κ1) is 45.0. The molecule has 0 saturated carbocycles. The monoisotopic (exact) mass is 1040 g/mol. The smallest absolute Gasteiger partial charge is 0.135 e. The summed E-state index contributed by atoms with van der Waals surface area (Å²) in [6.45, 7) is 22.9. The summed E-state index contributed by atoms with van der Waals surface area (Å²) in [5.74, 6) is 0.904. The number of benzene rings is 7. The van der Waals surface area contributed by atoms with Gasteiger partial charge in [0, 0.05) is 60.7 Å². The van der Waals surface area contributed by atoms with Gasteiger partial charge in [0.15, 0.2) is 0 Å². The zero-order valence-electron chi connectivity index (χ0n) is 39.4. The van der Waals surface area contributed by atoms with Gasteiger partial charge >= 0.3 is 0 Å². The van der Waals surface area contributed by atoms with Gasteiger partial charge in [0.1, 0.15) is 5.82 Å². The molecule has 334 valence electrons. The van der Waals surface area contributed by atoms with E-state index in [1.165, 1.54) is 33.2 Å². The third kappa shape index (κ3) is 7.78.